The lowest BCUT2D eigenvalue weighted by molar-refractivity contribution is -0.234. The van der Waals surface area contributed by atoms with Crippen LogP contribution in [0.1, 0.15) is 171 Å². The van der Waals surface area contributed by atoms with Crippen LogP contribution in [0.2, 0.25) is 0 Å². The summed E-state index contributed by atoms with van der Waals surface area (Å²) in [6.45, 7) is 22.2. The van der Waals surface area contributed by atoms with E-state index in [0.29, 0.717) is 134 Å². The molecule has 7 heterocycles. The first kappa shape index (κ1) is 79.2. The van der Waals surface area contributed by atoms with Gasteiger partial charge in [-0.05, 0) is 161 Å². The number of hydrogen-bond acceptors (Lipinski definition) is 16. The Morgan fingerprint density at radius 3 is 1.24 bits per heavy atom. The lowest BCUT2D eigenvalue weighted by Gasteiger charge is -2.54. The van der Waals surface area contributed by atoms with E-state index in [4.69, 9.17) is 39.4 Å². The molecule has 0 bridgehead atoms. The molecule has 19 nitrogen and oxygen atoms in total. The van der Waals surface area contributed by atoms with Crippen molar-refractivity contribution in [2.24, 2.45) is 35.5 Å². The molecule has 16 rings (SSSR count). The van der Waals surface area contributed by atoms with E-state index < -0.39 is 5.79 Å². The smallest absolute Gasteiger partial charge is 0.216 e. The van der Waals surface area contributed by atoms with Crippen molar-refractivity contribution < 1.29 is 46.6 Å². The van der Waals surface area contributed by atoms with Crippen molar-refractivity contribution in [2.75, 3.05) is 32.8 Å². The van der Waals surface area contributed by atoms with Gasteiger partial charge in [0.05, 0.1) is 47.4 Å². The van der Waals surface area contributed by atoms with Gasteiger partial charge in [-0.15, -0.1) is 0 Å². The summed E-state index contributed by atoms with van der Waals surface area (Å²) in [6, 6.07) is 31.8. The Morgan fingerprint density at radius 2 is 0.850 bits per heavy atom. The molecule has 7 aliphatic rings. The molecule has 113 heavy (non-hydrogen) atoms. The van der Waals surface area contributed by atoms with E-state index in [-0.39, 0.29) is 86.8 Å². The third-order valence-corrected chi connectivity index (χ3v) is 25.4. The van der Waals surface area contributed by atoms with Crippen LogP contribution in [-0.2, 0) is 88.2 Å². The fourth-order valence-corrected chi connectivity index (χ4v) is 19.4. The number of benzene rings is 3. The highest BCUT2D eigenvalue weighted by Crippen LogP contribution is 2.59. The molecule has 1 aliphatic heterocycles. The summed E-state index contributed by atoms with van der Waals surface area (Å²) in [5, 5.41) is 8.41. The van der Waals surface area contributed by atoms with Crippen LogP contribution in [0.3, 0.4) is 0 Å². The Hall–Kier alpha value is -10.5. The zero-order valence-corrected chi connectivity index (χ0v) is 66.1. The second-order valence-electron chi connectivity index (χ2n) is 32.3. The highest BCUT2D eigenvalue weighted by Gasteiger charge is 2.59. The van der Waals surface area contributed by atoms with Crippen molar-refractivity contribution in [3.63, 3.8) is 0 Å². The lowest BCUT2D eigenvalue weighted by atomic mass is 9.54. The molecule has 22 heteroatoms. The number of hydrogen-bond donors (Lipinski definition) is 3. The molecule has 586 valence electrons. The number of amides is 3. The van der Waals surface area contributed by atoms with Crippen molar-refractivity contribution in [1.82, 2.24) is 60.8 Å². The first-order valence-electron chi connectivity index (χ1n) is 39.9. The van der Waals surface area contributed by atoms with Crippen molar-refractivity contribution in [3.05, 3.63) is 208 Å². The molecule has 3 N–H and O–H groups in total. The third kappa shape index (κ3) is 15.8. The van der Waals surface area contributed by atoms with E-state index in [1.165, 1.54) is 39.0 Å². The van der Waals surface area contributed by atoms with E-state index in [9.17, 15) is 24.0 Å². The molecular formula is C91H99F3N12O7. The molecule has 4 fully saturated rings. The average molecular weight is 1530 g/mol. The monoisotopic (exact) mass is 1530 g/mol. The largest absolute Gasteiger partial charge is 0.356 e. The molecule has 9 aromatic rings. The number of carbonyl (C=O) groups excluding carboxylic acids is 5. The van der Waals surface area contributed by atoms with E-state index >= 15 is 13.2 Å². The SMILES string of the molecule is C/C=C1/C[C@@]2(C)c3nc(-c4ccnc(CCNC(C)=O)c4)nc(-c4ccccc4F)c3CC[C@@H]2[C@@H](C)C1=O.CC(=O)NCCc1cc(-c2nc(-c3ccccc3F)c3c(n2)[C@]2(C)CCC(=O)[C@H](C)[C@H]2CC3)ccn1.CC(=O)NCCc1cc(-c2nc(-c3ccccc3F)c3c(n2)[C@]2(C)CCC4(OCCO4)[C@H](C)[C@H]2CC3)ccn1. The Bertz CT molecular complexity index is 5200. The Labute approximate surface area is 658 Å². The molecular weight excluding hydrogens is 1430 g/mol. The molecule has 1 spiro atoms. The second-order valence-corrected chi connectivity index (χ2v) is 32.3. The minimum absolute atomic E-state index is 0.0199. The fraction of sp³-hybridized carbons (Fsp3) is 0.429. The van der Waals surface area contributed by atoms with Gasteiger partial charge in [-0.3, -0.25) is 38.9 Å². The zero-order chi connectivity index (χ0) is 79.7. The molecule has 3 amide bonds. The molecule has 3 saturated carbocycles. The molecule has 6 aliphatic carbocycles. The van der Waals surface area contributed by atoms with Gasteiger partial charge in [0.25, 0.3) is 0 Å². The number of allylic oxidation sites excluding steroid dienone is 2. The topological polar surface area (TPSA) is 256 Å². The summed E-state index contributed by atoms with van der Waals surface area (Å²) in [7, 11) is 0. The standard InChI is InChI=1S/C31H35FN4O3.C31H33FN4O2.C29H31FN4O2/c1-19-25-9-8-24-27(23-6-4-5-7-26(23)32)35-29(21-10-14-34-22(18-21)11-15-33-20(2)37)36-28(24)30(25,3)12-13-31(19)38-16-17-39-31;1-5-20-17-31(4)25(18(2)28(20)38)11-10-24-27(23-8-6-7-9-26(23)32)35-30(36-29(24)31)21-12-14-34-22(16-21)13-15-33-19(3)37;1-17-23-9-8-22-26(21-6-4-5-7-24(21)30)33-28(34-27(22)29(23,3)13-10-25(17)36)19-11-14-32-20(16-19)12-15-31-18(2)35/h4-7,10,14,18-19,25H,8-9,11-13,15-17H2,1-3H3,(H,33,37);5-9,12,14,16,18,25H,10-11,13,15,17H2,1-4H3,(H,33,37);4-7,11,14,16-17,23H,8-10,12-13,15H2,1-3H3,(H,31,35)/b;20-5-;/t19-,25-,30-;18-,25-,31-;17-,23-,29-/m111/s1. The van der Waals surface area contributed by atoms with Crippen LogP contribution in [0.4, 0.5) is 13.2 Å². The van der Waals surface area contributed by atoms with Crippen molar-refractivity contribution >= 4 is 29.3 Å². The number of carbonyl (C=O) groups is 5. The van der Waals surface area contributed by atoms with Crippen LogP contribution in [0.25, 0.3) is 67.9 Å². The summed E-state index contributed by atoms with van der Waals surface area (Å²) in [6.07, 6.45) is 17.2. The number of halogens is 3. The first-order chi connectivity index (χ1) is 54.3. The van der Waals surface area contributed by atoms with Gasteiger partial charge in [0.1, 0.15) is 23.2 Å². The fourth-order valence-electron chi connectivity index (χ4n) is 19.4. The molecule has 6 aromatic heterocycles. The van der Waals surface area contributed by atoms with Crippen LogP contribution in [0.5, 0.6) is 0 Å². The van der Waals surface area contributed by atoms with Gasteiger partial charge in [0.15, 0.2) is 29.0 Å². The van der Waals surface area contributed by atoms with Crippen LogP contribution >= 0.6 is 0 Å². The minimum Gasteiger partial charge on any atom is -0.356 e. The number of fused-ring (bicyclic) bond motifs is 9. The summed E-state index contributed by atoms with van der Waals surface area (Å²) in [4.78, 5) is 103. The van der Waals surface area contributed by atoms with E-state index in [1.54, 1.807) is 55.0 Å². The summed E-state index contributed by atoms with van der Waals surface area (Å²) in [5.41, 5.74) is 14.1. The third-order valence-electron chi connectivity index (χ3n) is 25.4. The number of pyridine rings is 3. The highest BCUT2D eigenvalue weighted by atomic mass is 19.1. The molecule has 9 atom stereocenters. The van der Waals surface area contributed by atoms with Crippen LogP contribution in [0.15, 0.2) is 139 Å². The number of aromatic nitrogens is 9. The van der Waals surface area contributed by atoms with Gasteiger partial charge in [0.2, 0.25) is 17.7 Å². The van der Waals surface area contributed by atoms with Gasteiger partial charge in [-0.25, -0.2) is 43.1 Å². The highest BCUT2D eigenvalue weighted by molar-refractivity contribution is 5.98. The normalized spacial score (nSPS) is 24.0. The molecule has 0 radical (unpaired) electrons. The predicted octanol–water partition coefficient (Wildman–Crippen LogP) is 15.3. The minimum atomic E-state index is -0.514. The van der Waals surface area contributed by atoms with Crippen molar-refractivity contribution in [3.8, 4) is 67.9 Å². The van der Waals surface area contributed by atoms with Gasteiger partial charge >= 0.3 is 0 Å². The molecule has 1 saturated heterocycles. The Balaban J connectivity index is 0.000000141. The molecule has 3 aromatic carbocycles. The number of ketones is 2. The predicted molar refractivity (Wildman–Crippen MR) is 426 cm³/mol. The maximum atomic E-state index is 15.2. The summed E-state index contributed by atoms with van der Waals surface area (Å²) in [5.74, 6) is 1.24. The van der Waals surface area contributed by atoms with Crippen molar-refractivity contribution in [1.29, 1.82) is 0 Å². The first-order valence-corrected chi connectivity index (χ1v) is 39.9. The van der Waals surface area contributed by atoms with E-state index in [0.717, 1.165) is 124 Å². The van der Waals surface area contributed by atoms with Crippen LogP contribution < -0.4 is 16.0 Å². The number of Topliss-reactive ketones (excluding diaryl/α,β-unsaturated/α-hetero) is 2. The van der Waals surface area contributed by atoms with Gasteiger partial charge in [-0.2, -0.15) is 0 Å². The van der Waals surface area contributed by atoms with Gasteiger partial charge in [0, 0.05) is 192 Å². The second kappa shape index (κ2) is 32.9. The van der Waals surface area contributed by atoms with Crippen LogP contribution in [0, 0.1) is 53.0 Å². The number of rotatable bonds is 15. The van der Waals surface area contributed by atoms with Gasteiger partial charge < -0.3 is 25.4 Å². The Morgan fingerprint density at radius 1 is 0.478 bits per heavy atom. The van der Waals surface area contributed by atoms with E-state index in [1.807, 2.05) is 81.4 Å². The van der Waals surface area contributed by atoms with Crippen LogP contribution in [-0.4, -0.2) is 113 Å². The maximum Gasteiger partial charge on any atom is 0.216 e. The van der Waals surface area contributed by atoms with E-state index in [2.05, 4.69) is 58.6 Å². The lowest BCUT2D eigenvalue weighted by Crippen LogP contribution is -2.55. The number of nitrogens with zero attached hydrogens (tertiary/aromatic N) is 9. The summed E-state index contributed by atoms with van der Waals surface area (Å²) >= 11 is 0. The molecule has 0 unspecified atom stereocenters. The quantitative estimate of drug-likeness (QED) is 0.0806. The summed E-state index contributed by atoms with van der Waals surface area (Å²) < 4.78 is 57.8. The van der Waals surface area contributed by atoms with Gasteiger partial charge in [-0.1, -0.05) is 84.0 Å². The number of ether oxygens (including phenoxy) is 2. The average Bonchev–Trinajstić information content (AvgIpc) is 1.63. The Kier molecular flexibility index (Phi) is 23.1. The number of nitrogens with one attached hydrogen (secondary N) is 3. The maximum absolute atomic E-state index is 15.2. The zero-order valence-electron chi connectivity index (χ0n) is 66.1. The van der Waals surface area contributed by atoms with Crippen molar-refractivity contribution in [2.45, 2.75) is 181 Å².